The Morgan fingerprint density at radius 3 is 2.76 bits per heavy atom. The minimum Gasteiger partial charge on any atom is -0.444 e. The number of alkyl carbamates (subject to hydrolysis) is 1. The van der Waals surface area contributed by atoms with Crippen molar-refractivity contribution in [3.05, 3.63) is 22.1 Å². The number of alkyl halides is 3. The molecule has 37 heavy (non-hydrogen) atoms. The summed E-state index contributed by atoms with van der Waals surface area (Å²) in [5, 5.41) is 9.19. The summed E-state index contributed by atoms with van der Waals surface area (Å²) in [6.07, 6.45) is 1.87. The summed E-state index contributed by atoms with van der Waals surface area (Å²) in [4.78, 5) is 21.3. The topological polar surface area (TPSA) is 101 Å². The molecule has 4 rings (SSSR count). The maximum absolute atomic E-state index is 13.0. The Hall–Kier alpha value is -2.12. The zero-order chi connectivity index (χ0) is 26.8. The Kier molecular flexibility index (Phi) is 8.25. The van der Waals surface area contributed by atoms with E-state index in [2.05, 4.69) is 30.3 Å². The van der Waals surface area contributed by atoms with Gasteiger partial charge in [0, 0.05) is 28.2 Å². The summed E-state index contributed by atoms with van der Waals surface area (Å²) >= 11 is 6.02. The molecule has 204 valence electrons. The molecule has 2 saturated carbocycles. The van der Waals surface area contributed by atoms with Gasteiger partial charge in [-0.2, -0.15) is 17.5 Å². The van der Waals surface area contributed by atoms with E-state index in [0.29, 0.717) is 10.5 Å². The van der Waals surface area contributed by atoms with Crippen LogP contribution in [0.4, 0.5) is 35.2 Å². The molecule has 2 bridgehead atoms. The van der Waals surface area contributed by atoms with E-state index in [1.54, 1.807) is 6.07 Å². The summed E-state index contributed by atoms with van der Waals surface area (Å²) in [6.45, 7) is 4.31. The molecule has 0 aromatic carbocycles. The smallest absolute Gasteiger partial charge is 0.408 e. The quantitative estimate of drug-likeness (QED) is 0.339. The summed E-state index contributed by atoms with van der Waals surface area (Å²) in [5.74, 6) is 0.748. The van der Waals surface area contributed by atoms with Gasteiger partial charge >= 0.3 is 12.3 Å². The number of anilines is 2. The molecule has 0 aliphatic heterocycles. The maximum Gasteiger partial charge on any atom is 0.408 e. The van der Waals surface area contributed by atoms with Crippen molar-refractivity contribution in [2.45, 2.75) is 82.7 Å². The third-order valence-corrected chi connectivity index (χ3v) is 8.65. The van der Waals surface area contributed by atoms with Crippen molar-refractivity contribution >= 4 is 55.8 Å². The summed E-state index contributed by atoms with van der Waals surface area (Å²) < 4.78 is 48.7. The van der Waals surface area contributed by atoms with Crippen molar-refractivity contribution in [1.29, 1.82) is 0 Å². The highest BCUT2D eigenvalue weighted by molar-refractivity contribution is 7.66. The highest BCUT2D eigenvalue weighted by Crippen LogP contribution is 2.44. The molecule has 1 amide bonds. The van der Waals surface area contributed by atoms with E-state index < -0.39 is 24.4 Å². The molecule has 2 aromatic rings. The lowest BCUT2D eigenvalue weighted by Crippen LogP contribution is -2.57. The molecule has 2 heterocycles. The van der Waals surface area contributed by atoms with Crippen molar-refractivity contribution in [3.8, 4) is 0 Å². The summed E-state index contributed by atoms with van der Waals surface area (Å²) in [6, 6.07) is 1.63. The molecule has 2 aromatic heterocycles. The number of ether oxygens (including phenoxy) is 1. The minimum atomic E-state index is -4.39. The zero-order valence-corrected chi connectivity index (χ0v) is 23.1. The first kappa shape index (κ1) is 27.9. The number of hydrogen-bond acceptors (Lipinski definition) is 9. The number of hydrogen-bond donors (Lipinski definition) is 3. The molecule has 3 atom stereocenters. The second kappa shape index (κ2) is 10.9. The van der Waals surface area contributed by atoms with Crippen LogP contribution in [0.1, 0.15) is 59.3 Å². The monoisotopic (exact) mass is 578 g/mol. The normalized spacial score (nSPS) is 24.5. The van der Waals surface area contributed by atoms with Crippen LogP contribution in [0.5, 0.6) is 0 Å². The number of rotatable bonds is 6. The van der Waals surface area contributed by atoms with Crippen LogP contribution < -0.4 is 20.6 Å². The van der Waals surface area contributed by atoms with E-state index in [4.69, 9.17) is 16.3 Å². The van der Waals surface area contributed by atoms with E-state index in [0.717, 1.165) is 49.1 Å². The van der Waals surface area contributed by atoms with Crippen molar-refractivity contribution in [2.24, 2.45) is 10.9 Å². The predicted octanol–water partition coefficient (Wildman–Crippen LogP) is 6.49. The fraction of sp³-hybridized carbons (Fsp3) is 0.652. The second-order valence-corrected chi connectivity index (χ2v) is 12.8. The fourth-order valence-corrected chi connectivity index (χ4v) is 7.00. The van der Waals surface area contributed by atoms with E-state index in [-0.39, 0.29) is 34.0 Å². The molecule has 8 nitrogen and oxygen atoms in total. The van der Waals surface area contributed by atoms with Crippen LogP contribution in [0.3, 0.4) is 0 Å². The predicted molar refractivity (Wildman–Crippen MR) is 140 cm³/mol. The molecule has 14 heteroatoms. The van der Waals surface area contributed by atoms with Crippen LogP contribution in [0, 0.1) is 5.92 Å². The Labute approximate surface area is 225 Å². The molecule has 3 N–H and O–H groups in total. The van der Waals surface area contributed by atoms with Crippen LogP contribution in [0.2, 0.25) is 5.15 Å². The van der Waals surface area contributed by atoms with Gasteiger partial charge in [0.15, 0.2) is 9.82 Å². The number of nitrogens with zero attached hydrogens (tertiary/aromatic N) is 3. The number of fused-ring (bicyclic) bond motifs is 2. The summed E-state index contributed by atoms with van der Waals surface area (Å²) in [5.41, 5.74) is -0.421. The van der Waals surface area contributed by atoms with E-state index in [1.165, 1.54) is 16.5 Å². The van der Waals surface area contributed by atoms with Gasteiger partial charge < -0.3 is 20.7 Å². The number of carbonyl (C=O) groups excluding carboxylic acids is 1. The molecular formula is C23H30ClF3N6O2S2. The van der Waals surface area contributed by atoms with Gasteiger partial charge in [-0.25, -0.2) is 14.8 Å². The second-order valence-electron chi connectivity index (χ2n) is 10.6. The third-order valence-electron chi connectivity index (χ3n) is 6.48. The highest BCUT2D eigenvalue weighted by atomic mass is 35.5. The van der Waals surface area contributed by atoms with Crippen LogP contribution in [0.25, 0.3) is 0 Å². The van der Waals surface area contributed by atoms with Gasteiger partial charge in [0.1, 0.15) is 23.7 Å². The Morgan fingerprint density at radius 1 is 1.30 bits per heavy atom. The number of aromatic nitrogens is 2. The first-order valence-electron chi connectivity index (χ1n) is 12.1. The van der Waals surface area contributed by atoms with Crippen molar-refractivity contribution in [2.75, 3.05) is 17.2 Å². The average Bonchev–Trinajstić information content (AvgIpc) is 3.18. The van der Waals surface area contributed by atoms with Gasteiger partial charge in [0.25, 0.3) is 0 Å². The van der Waals surface area contributed by atoms with E-state index >= 15 is 0 Å². The Bertz CT molecular complexity index is 1180. The first-order chi connectivity index (χ1) is 17.3. The summed E-state index contributed by atoms with van der Waals surface area (Å²) in [7, 11) is 2.37. The SMILES string of the molecule is CC(C)(C)OC(=O)NC12CCCC(C1)C(Nc1cc(NCC(F)(F)F)c(N=c3ssnc3Cl)cn1)CC2. The lowest BCUT2D eigenvalue weighted by atomic mass is 9.65. The molecule has 3 unspecified atom stereocenters. The molecule has 0 saturated heterocycles. The van der Waals surface area contributed by atoms with Crippen LogP contribution in [-0.2, 0) is 4.74 Å². The molecule has 2 aliphatic rings. The van der Waals surface area contributed by atoms with Gasteiger partial charge in [-0.05, 0) is 69.1 Å². The maximum atomic E-state index is 13.0. The van der Waals surface area contributed by atoms with Crippen LogP contribution in [-0.4, -0.2) is 45.4 Å². The van der Waals surface area contributed by atoms with Gasteiger partial charge in [-0.15, -0.1) is 0 Å². The van der Waals surface area contributed by atoms with E-state index in [1.807, 2.05) is 20.8 Å². The van der Waals surface area contributed by atoms with Gasteiger partial charge in [0.05, 0.1) is 11.9 Å². The number of halogens is 4. The fourth-order valence-electron chi connectivity index (χ4n) is 5.01. The van der Waals surface area contributed by atoms with Crippen molar-refractivity contribution in [3.63, 3.8) is 0 Å². The number of pyridine rings is 1. The number of nitrogens with one attached hydrogen (secondary N) is 3. The molecular weight excluding hydrogens is 549 g/mol. The minimum absolute atomic E-state index is 0.0809. The van der Waals surface area contributed by atoms with Crippen LogP contribution in [0.15, 0.2) is 17.3 Å². The standard InChI is InChI=1S/C23H30ClF3N6O2S2/c1-21(2,3)35-20(34)32-22-7-4-5-13(10-22)14(6-8-22)30-17-9-15(29-12-23(25,26)27)16(11-28-17)31-19-18(24)33-37-36-19/h9,11,13-14H,4-8,10,12H2,1-3H3,(H,32,34)(H2,28,29,30). The third kappa shape index (κ3) is 7.70. The van der Waals surface area contributed by atoms with Crippen molar-refractivity contribution in [1.82, 2.24) is 14.7 Å². The van der Waals surface area contributed by atoms with Crippen molar-refractivity contribution < 1.29 is 22.7 Å². The molecule has 0 radical (unpaired) electrons. The molecule has 0 spiro atoms. The largest absolute Gasteiger partial charge is 0.444 e. The average molecular weight is 579 g/mol. The number of carbonyl (C=O) groups is 1. The van der Waals surface area contributed by atoms with E-state index in [9.17, 15) is 18.0 Å². The lowest BCUT2D eigenvalue weighted by molar-refractivity contribution is -0.115. The Morgan fingerprint density at radius 2 is 2.08 bits per heavy atom. The van der Waals surface area contributed by atoms with Crippen LogP contribution >= 0.6 is 32.5 Å². The zero-order valence-electron chi connectivity index (χ0n) is 20.7. The number of amides is 1. The Balaban J connectivity index is 1.49. The van der Waals surface area contributed by atoms with Gasteiger partial charge in [-0.3, -0.25) is 0 Å². The first-order valence-corrected chi connectivity index (χ1v) is 14.5. The lowest BCUT2D eigenvalue weighted by Gasteiger charge is -2.49. The van der Waals surface area contributed by atoms with Gasteiger partial charge in [-0.1, -0.05) is 18.0 Å². The van der Waals surface area contributed by atoms with Gasteiger partial charge in [0.2, 0.25) is 0 Å². The molecule has 2 aliphatic carbocycles. The molecule has 2 fully saturated rings. The highest BCUT2D eigenvalue weighted by Gasteiger charge is 2.45.